The second-order valence-corrected chi connectivity index (χ2v) is 28.7. The Morgan fingerprint density at radius 1 is 1.19 bits per heavy atom. The van der Waals surface area contributed by atoms with E-state index in [1.54, 1.807) is 13.1 Å². The summed E-state index contributed by atoms with van der Waals surface area (Å²) in [6.07, 6.45) is 1.32. The van der Waals surface area contributed by atoms with Gasteiger partial charge in [0.25, 0.3) is 0 Å². The Hall–Kier alpha value is -0.424. The Kier molecular flexibility index (Phi) is 8.86. The quantitative estimate of drug-likeness (QED) is 0.448. The van der Waals surface area contributed by atoms with Crippen molar-refractivity contribution in [2.45, 2.75) is 105 Å². The van der Waals surface area contributed by atoms with Crippen LogP contribution in [0, 0.1) is 6.92 Å². The summed E-state index contributed by atoms with van der Waals surface area (Å²) in [5.41, 5.74) is -0.318. The van der Waals surface area contributed by atoms with E-state index in [0.29, 0.717) is 18.6 Å². The van der Waals surface area contributed by atoms with Gasteiger partial charge in [0.1, 0.15) is 0 Å². The van der Waals surface area contributed by atoms with Crippen molar-refractivity contribution in [2.75, 3.05) is 6.61 Å². The van der Waals surface area contributed by atoms with Gasteiger partial charge in [0.15, 0.2) is 0 Å². The number of rotatable bonds is 9. The molecule has 0 aliphatic carbocycles. The predicted octanol–water partition coefficient (Wildman–Crippen LogP) is 4.54. The van der Waals surface area contributed by atoms with Gasteiger partial charge in [-0.2, -0.15) is 0 Å². The molecule has 0 spiro atoms. The van der Waals surface area contributed by atoms with Crippen molar-refractivity contribution in [2.24, 2.45) is 0 Å². The van der Waals surface area contributed by atoms with Gasteiger partial charge < -0.3 is 0 Å². The molecule has 178 valence electrons. The van der Waals surface area contributed by atoms with Crippen LogP contribution in [-0.4, -0.2) is 55.5 Å². The van der Waals surface area contributed by atoms with Gasteiger partial charge in [-0.05, 0) is 0 Å². The third-order valence-corrected chi connectivity index (χ3v) is 25.1. The van der Waals surface area contributed by atoms with Crippen LogP contribution in [0.2, 0.25) is 31.4 Å². The molecule has 2 rings (SSSR count). The zero-order valence-corrected chi connectivity index (χ0v) is 24.7. The number of H-pyrrole nitrogens is 1. The molecule has 1 aliphatic heterocycles. The normalized spacial score (nSPS) is 22.8. The number of nitrogens with zero attached hydrogens (tertiary/aromatic N) is 1. The Labute approximate surface area is 192 Å². The molecule has 1 aromatic rings. The van der Waals surface area contributed by atoms with Crippen molar-refractivity contribution in [1.82, 2.24) is 9.55 Å². The molecule has 0 amide bonds. The molecule has 3 atom stereocenters. The SMILES string of the molecule is C[CH2][Sn]([CH2]C)([CH2]C)[O]C[C@H]1O[C@@H](n2cc(C)c(=O)[nH]c2=O)CC1O[Si](C)(C)C(C)(C)C. The van der Waals surface area contributed by atoms with E-state index >= 15 is 0 Å². The third-order valence-electron chi connectivity index (χ3n) is 7.38. The summed E-state index contributed by atoms with van der Waals surface area (Å²) in [4.78, 5) is 26.7. The molecule has 0 saturated carbocycles. The first-order valence-corrected chi connectivity index (χ1v) is 21.7. The van der Waals surface area contributed by atoms with Crippen LogP contribution in [0.5, 0.6) is 0 Å². The van der Waals surface area contributed by atoms with Gasteiger partial charge in [0.05, 0.1) is 0 Å². The van der Waals surface area contributed by atoms with Gasteiger partial charge >= 0.3 is 193 Å². The van der Waals surface area contributed by atoms with Crippen LogP contribution in [0.4, 0.5) is 0 Å². The molecular weight excluding hydrogens is 519 g/mol. The Morgan fingerprint density at radius 3 is 2.29 bits per heavy atom. The molecule has 0 bridgehead atoms. The van der Waals surface area contributed by atoms with Crippen molar-refractivity contribution in [3.8, 4) is 0 Å². The summed E-state index contributed by atoms with van der Waals surface area (Å²) in [6, 6.07) is 0. The molecule has 1 fully saturated rings. The molecule has 0 aromatic carbocycles. The maximum absolute atomic E-state index is 12.5. The van der Waals surface area contributed by atoms with E-state index in [-0.39, 0.29) is 22.8 Å². The topological polar surface area (TPSA) is 82.5 Å². The number of aromatic nitrogens is 2. The first-order valence-electron chi connectivity index (χ1n) is 11.6. The van der Waals surface area contributed by atoms with Gasteiger partial charge in [-0.3, -0.25) is 0 Å². The molecule has 1 unspecified atom stereocenters. The van der Waals surface area contributed by atoms with Gasteiger partial charge in [0, 0.05) is 0 Å². The van der Waals surface area contributed by atoms with Crippen molar-refractivity contribution < 1.29 is 12.2 Å². The van der Waals surface area contributed by atoms with Crippen LogP contribution in [-0.2, 0) is 12.2 Å². The number of aryl methyl sites for hydroxylation is 1. The minimum absolute atomic E-state index is 0.0706. The summed E-state index contributed by atoms with van der Waals surface area (Å²) in [7, 11) is -2.04. The molecule has 9 heteroatoms. The van der Waals surface area contributed by atoms with Crippen LogP contribution < -0.4 is 11.2 Å². The maximum atomic E-state index is 12.5. The van der Waals surface area contributed by atoms with E-state index in [1.807, 2.05) is 0 Å². The van der Waals surface area contributed by atoms with E-state index < -0.39 is 39.0 Å². The number of hydrogen-bond acceptors (Lipinski definition) is 5. The van der Waals surface area contributed by atoms with Crippen molar-refractivity contribution in [3.63, 3.8) is 0 Å². The van der Waals surface area contributed by atoms with E-state index in [9.17, 15) is 9.59 Å². The monoisotopic (exact) mass is 562 g/mol. The van der Waals surface area contributed by atoms with Gasteiger partial charge in [0.2, 0.25) is 0 Å². The summed E-state index contributed by atoms with van der Waals surface area (Å²) in [5, 5.41) is 0.0706. The fraction of sp³-hybridized carbons (Fsp3) is 0.818. The molecule has 1 aliphatic rings. The molecule has 1 saturated heterocycles. The van der Waals surface area contributed by atoms with Crippen LogP contribution in [0.15, 0.2) is 15.8 Å². The number of ether oxygens (including phenoxy) is 1. The molecule has 0 radical (unpaired) electrons. The van der Waals surface area contributed by atoms with Crippen LogP contribution in [0.3, 0.4) is 0 Å². The first kappa shape index (κ1) is 26.8. The molecule has 2 heterocycles. The van der Waals surface area contributed by atoms with Crippen molar-refractivity contribution in [3.05, 3.63) is 32.6 Å². The van der Waals surface area contributed by atoms with Crippen LogP contribution >= 0.6 is 0 Å². The van der Waals surface area contributed by atoms with Crippen LogP contribution in [0.25, 0.3) is 0 Å². The second-order valence-electron chi connectivity index (χ2n) is 10.3. The average molecular weight is 561 g/mol. The minimum atomic E-state index is -2.60. The fourth-order valence-corrected chi connectivity index (χ4v) is 12.7. The van der Waals surface area contributed by atoms with Gasteiger partial charge in [-0.25, -0.2) is 0 Å². The van der Waals surface area contributed by atoms with Crippen molar-refractivity contribution >= 4 is 27.1 Å². The van der Waals surface area contributed by atoms with Gasteiger partial charge in [-0.15, -0.1) is 0 Å². The molecule has 7 nitrogen and oxygen atoms in total. The Bertz CT molecular complexity index is 848. The third kappa shape index (κ3) is 6.13. The fourth-order valence-electron chi connectivity index (χ4n) is 3.82. The predicted molar refractivity (Wildman–Crippen MR) is 130 cm³/mol. The summed E-state index contributed by atoms with van der Waals surface area (Å²) in [5.74, 6) is 0. The van der Waals surface area contributed by atoms with E-state index in [0.717, 1.165) is 13.3 Å². The van der Waals surface area contributed by atoms with Crippen LogP contribution in [0.1, 0.15) is 59.8 Å². The van der Waals surface area contributed by atoms with E-state index in [2.05, 4.69) is 59.6 Å². The number of nitrogens with one attached hydrogen (secondary N) is 1. The summed E-state index contributed by atoms with van der Waals surface area (Å²) >= 11 is -2.60. The summed E-state index contributed by atoms with van der Waals surface area (Å²) < 4.78 is 24.7. The second kappa shape index (κ2) is 10.2. The summed E-state index contributed by atoms with van der Waals surface area (Å²) in [6.45, 7) is 20.1. The standard InChI is InChI=1S/C16H27N2O5Si.3C2H5.Sn/c1-10-8-18(15(21)17-14(10)20)13-7-11(12(9-19)22-13)23-24(5,6)16(2,3)4;3*1-2;/h8,11-13H,7,9H2,1-6H3,(H,17,20,21);3*1H2,2H3;/q-1;;;;+1/t11?,12-,13-;;;;/m1..../s1. The zero-order valence-electron chi connectivity index (χ0n) is 20.8. The molecule has 1 aromatic heterocycles. The number of hydrogen-bond donors (Lipinski definition) is 1. The zero-order chi connectivity index (χ0) is 23.6. The Balaban J connectivity index is 2.32. The molecule has 31 heavy (non-hydrogen) atoms. The number of aromatic amines is 1. The average Bonchev–Trinajstić information content (AvgIpc) is 3.07. The van der Waals surface area contributed by atoms with E-state index in [1.165, 1.54) is 4.57 Å². The van der Waals surface area contributed by atoms with Gasteiger partial charge in [-0.1, -0.05) is 0 Å². The first-order chi connectivity index (χ1) is 14.3. The van der Waals surface area contributed by atoms with E-state index in [4.69, 9.17) is 12.2 Å². The molecular formula is C22H42N2O5SiSn. The Morgan fingerprint density at radius 2 is 1.77 bits per heavy atom. The van der Waals surface area contributed by atoms with Crippen molar-refractivity contribution in [1.29, 1.82) is 0 Å². The molecule has 1 N–H and O–H groups in total.